The van der Waals surface area contributed by atoms with E-state index in [9.17, 15) is 9.90 Å². The number of pyridine rings is 1. The number of nitrogens with zero attached hydrogens (tertiary/aromatic N) is 2. The topological polar surface area (TPSA) is 75.9 Å². The van der Waals surface area contributed by atoms with Gasteiger partial charge in [-0.2, -0.15) is 0 Å². The summed E-state index contributed by atoms with van der Waals surface area (Å²) in [6, 6.07) is 3.71. The molecule has 2 N–H and O–H groups in total. The maximum absolute atomic E-state index is 12.5. The van der Waals surface area contributed by atoms with Crippen molar-refractivity contribution in [1.29, 1.82) is 0 Å². The van der Waals surface area contributed by atoms with E-state index >= 15 is 0 Å². The number of aliphatic hydroxyl groups excluding tert-OH is 1. The van der Waals surface area contributed by atoms with Crippen molar-refractivity contribution in [2.75, 3.05) is 13.2 Å². The van der Waals surface area contributed by atoms with Gasteiger partial charge in [0.05, 0.1) is 29.7 Å². The van der Waals surface area contributed by atoms with Crippen molar-refractivity contribution >= 4 is 11.4 Å². The minimum atomic E-state index is -0.335. The highest BCUT2D eigenvalue weighted by Crippen LogP contribution is 2.49. The minimum Gasteiger partial charge on any atom is -0.392 e. The van der Waals surface area contributed by atoms with Gasteiger partial charge in [-0.3, -0.25) is 4.79 Å². The SMILES string of the molecule is O=C(N[C@@H]1C[C@@H](O)C12CCOCC2)c1ccc2cncn2c1. The van der Waals surface area contributed by atoms with E-state index in [0.717, 1.165) is 18.4 Å². The lowest BCUT2D eigenvalue weighted by atomic mass is 9.58. The van der Waals surface area contributed by atoms with E-state index in [4.69, 9.17) is 4.74 Å². The van der Waals surface area contributed by atoms with E-state index in [0.29, 0.717) is 25.2 Å². The zero-order chi connectivity index (χ0) is 15.2. The first-order chi connectivity index (χ1) is 10.7. The number of carbonyl (C=O) groups is 1. The molecule has 0 unspecified atom stereocenters. The molecule has 6 nitrogen and oxygen atoms in total. The average Bonchev–Trinajstić information content (AvgIpc) is 3.02. The second kappa shape index (κ2) is 5.07. The van der Waals surface area contributed by atoms with E-state index in [1.54, 1.807) is 24.8 Å². The van der Waals surface area contributed by atoms with Crippen LogP contribution >= 0.6 is 0 Å². The van der Waals surface area contributed by atoms with Gasteiger partial charge in [0.25, 0.3) is 5.91 Å². The first kappa shape index (κ1) is 13.7. The standard InChI is InChI=1S/C16H19N3O3/c20-14-7-13(16(14)3-5-22-6-4-16)18-15(21)11-1-2-12-8-17-10-19(12)9-11/h1-2,8-10,13-14,20H,3-7H2,(H,18,21)/t13-,14-/m1/s1. The highest BCUT2D eigenvalue weighted by Gasteiger charge is 2.55. The van der Waals surface area contributed by atoms with E-state index in [-0.39, 0.29) is 23.5 Å². The highest BCUT2D eigenvalue weighted by atomic mass is 16.5. The van der Waals surface area contributed by atoms with Crippen molar-refractivity contribution in [3.05, 3.63) is 36.4 Å². The summed E-state index contributed by atoms with van der Waals surface area (Å²) in [6.45, 7) is 1.31. The van der Waals surface area contributed by atoms with Crippen LogP contribution in [-0.2, 0) is 4.74 Å². The van der Waals surface area contributed by atoms with Crippen LogP contribution in [0.1, 0.15) is 29.6 Å². The number of aliphatic hydroxyl groups is 1. The molecule has 22 heavy (non-hydrogen) atoms. The molecule has 2 aromatic heterocycles. The van der Waals surface area contributed by atoms with Crippen molar-refractivity contribution < 1.29 is 14.6 Å². The van der Waals surface area contributed by atoms with Crippen LogP contribution in [-0.4, -0.2) is 45.8 Å². The van der Waals surface area contributed by atoms with Crippen molar-refractivity contribution in [1.82, 2.24) is 14.7 Å². The number of hydrogen-bond acceptors (Lipinski definition) is 4. The maximum Gasteiger partial charge on any atom is 0.253 e. The van der Waals surface area contributed by atoms with E-state index < -0.39 is 0 Å². The van der Waals surface area contributed by atoms with Crippen LogP contribution in [0.5, 0.6) is 0 Å². The van der Waals surface area contributed by atoms with Gasteiger partial charge in [0.2, 0.25) is 0 Å². The summed E-state index contributed by atoms with van der Waals surface area (Å²) in [5.41, 5.74) is 1.36. The van der Waals surface area contributed by atoms with Crippen LogP contribution in [0.2, 0.25) is 0 Å². The lowest BCUT2D eigenvalue weighted by molar-refractivity contribution is -0.145. The van der Waals surface area contributed by atoms with Gasteiger partial charge in [0, 0.05) is 30.9 Å². The third-order valence-corrected chi connectivity index (χ3v) is 5.22. The first-order valence-corrected chi connectivity index (χ1v) is 7.67. The summed E-state index contributed by atoms with van der Waals surface area (Å²) in [6.07, 6.45) is 7.11. The van der Waals surface area contributed by atoms with Gasteiger partial charge in [-0.15, -0.1) is 0 Å². The van der Waals surface area contributed by atoms with E-state index in [1.807, 2.05) is 10.5 Å². The summed E-state index contributed by atoms with van der Waals surface area (Å²) in [5, 5.41) is 13.3. The average molecular weight is 301 g/mol. The largest absolute Gasteiger partial charge is 0.392 e. The fourth-order valence-electron chi connectivity index (χ4n) is 3.70. The van der Waals surface area contributed by atoms with Gasteiger partial charge in [0.1, 0.15) is 0 Å². The number of amides is 1. The van der Waals surface area contributed by atoms with Crippen molar-refractivity contribution in [2.45, 2.75) is 31.4 Å². The molecule has 1 aliphatic carbocycles. The minimum absolute atomic E-state index is 0.0254. The molecule has 4 rings (SSSR count). The van der Waals surface area contributed by atoms with Crippen LogP contribution in [0.4, 0.5) is 0 Å². The van der Waals surface area contributed by atoms with Crippen molar-refractivity contribution in [2.24, 2.45) is 5.41 Å². The number of hydrogen-bond donors (Lipinski definition) is 2. The Balaban J connectivity index is 1.51. The Hall–Kier alpha value is -1.92. The molecule has 116 valence electrons. The number of aromatic nitrogens is 2. The smallest absolute Gasteiger partial charge is 0.253 e. The summed E-state index contributed by atoms with van der Waals surface area (Å²) in [4.78, 5) is 16.5. The van der Waals surface area contributed by atoms with E-state index in [1.165, 1.54) is 0 Å². The molecule has 2 aliphatic rings. The Morgan fingerprint density at radius 3 is 3.00 bits per heavy atom. The predicted octanol–water partition coefficient (Wildman–Crippen LogP) is 0.994. The summed E-state index contributed by atoms with van der Waals surface area (Å²) in [7, 11) is 0. The third-order valence-electron chi connectivity index (χ3n) is 5.22. The molecule has 2 aromatic rings. The fraction of sp³-hybridized carbons (Fsp3) is 0.500. The van der Waals surface area contributed by atoms with Crippen molar-refractivity contribution in [3.63, 3.8) is 0 Å². The number of imidazole rings is 1. The highest BCUT2D eigenvalue weighted by molar-refractivity contribution is 5.94. The molecule has 2 fully saturated rings. The Bertz CT molecular complexity index is 705. The molecule has 0 bridgehead atoms. The quantitative estimate of drug-likeness (QED) is 0.867. The fourth-order valence-corrected chi connectivity index (χ4v) is 3.70. The molecule has 2 atom stereocenters. The molecular formula is C16H19N3O3. The maximum atomic E-state index is 12.5. The first-order valence-electron chi connectivity index (χ1n) is 7.67. The zero-order valence-corrected chi connectivity index (χ0v) is 12.2. The molecule has 6 heteroatoms. The molecule has 1 spiro atoms. The number of carbonyl (C=O) groups excluding carboxylic acids is 1. The third kappa shape index (κ3) is 2.02. The van der Waals surface area contributed by atoms with Crippen molar-refractivity contribution in [3.8, 4) is 0 Å². The van der Waals surface area contributed by atoms with Crippen LogP contribution in [0.15, 0.2) is 30.9 Å². The van der Waals surface area contributed by atoms with Crippen LogP contribution in [0.3, 0.4) is 0 Å². The lowest BCUT2D eigenvalue weighted by Gasteiger charge is -2.55. The Morgan fingerprint density at radius 1 is 1.41 bits per heavy atom. The van der Waals surface area contributed by atoms with Gasteiger partial charge in [-0.25, -0.2) is 4.98 Å². The molecule has 1 saturated heterocycles. The molecule has 1 amide bonds. The van der Waals surface area contributed by atoms with Gasteiger partial charge in [-0.05, 0) is 31.4 Å². The van der Waals surface area contributed by atoms with Crippen LogP contribution in [0, 0.1) is 5.41 Å². The summed E-state index contributed by atoms with van der Waals surface area (Å²) in [5.74, 6) is -0.0987. The molecule has 1 aliphatic heterocycles. The zero-order valence-electron chi connectivity index (χ0n) is 12.2. The second-order valence-electron chi connectivity index (χ2n) is 6.27. The molecule has 0 radical (unpaired) electrons. The molecule has 3 heterocycles. The van der Waals surface area contributed by atoms with Crippen LogP contribution in [0.25, 0.3) is 5.52 Å². The Morgan fingerprint density at radius 2 is 2.23 bits per heavy atom. The number of fused-ring (bicyclic) bond motifs is 1. The molecule has 0 aromatic carbocycles. The number of rotatable bonds is 2. The van der Waals surface area contributed by atoms with Crippen LogP contribution < -0.4 is 5.32 Å². The Labute approximate surface area is 128 Å². The summed E-state index contributed by atoms with van der Waals surface area (Å²) < 4.78 is 7.22. The normalized spacial score (nSPS) is 26.8. The molecular weight excluding hydrogens is 282 g/mol. The predicted molar refractivity (Wildman–Crippen MR) is 79.6 cm³/mol. The number of ether oxygens (including phenoxy) is 1. The number of nitrogens with one attached hydrogen (secondary N) is 1. The van der Waals surface area contributed by atoms with Gasteiger partial charge < -0.3 is 19.6 Å². The summed E-state index contributed by atoms with van der Waals surface area (Å²) >= 11 is 0. The van der Waals surface area contributed by atoms with E-state index in [2.05, 4.69) is 10.3 Å². The van der Waals surface area contributed by atoms with Gasteiger partial charge >= 0.3 is 0 Å². The monoisotopic (exact) mass is 301 g/mol. The van der Waals surface area contributed by atoms with Gasteiger partial charge in [0.15, 0.2) is 0 Å². The molecule has 1 saturated carbocycles. The van der Waals surface area contributed by atoms with Gasteiger partial charge in [-0.1, -0.05) is 0 Å². The second-order valence-corrected chi connectivity index (χ2v) is 6.27. The lowest BCUT2D eigenvalue weighted by Crippen LogP contribution is -2.65. The Kier molecular flexibility index (Phi) is 3.16.